The van der Waals surface area contributed by atoms with Crippen LogP contribution < -0.4 is 0 Å². The molecule has 0 spiro atoms. The van der Waals surface area contributed by atoms with Crippen molar-refractivity contribution in [1.29, 1.82) is 0 Å². The van der Waals surface area contributed by atoms with Gasteiger partial charge in [-0.25, -0.2) is 0 Å². The summed E-state index contributed by atoms with van der Waals surface area (Å²) < 4.78 is 6.33. The van der Waals surface area contributed by atoms with Crippen molar-refractivity contribution in [2.24, 2.45) is 5.92 Å². The highest BCUT2D eigenvalue weighted by molar-refractivity contribution is 6.74. The second-order valence-electron chi connectivity index (χ2n) is 7.61. The zero-order valence-corrected chi connectivity index (χ0v) is 14.1. The monoisotopic (exact) mass is 280 g/mol. The SMILES string of the molecule is CC(C)(C)[Si](C)(C)OCC1CC(=O)C2=C1CCCC2. The molecule has 0 saturated heterocycles. The van der Waals surface area contributed by atoms with Gasteiger partial charge in [-0.15, -0.1) is 0 Å². The van der Waals surface area contributed by atoms with E-state index in [0.717, 1.165) is 25.0 Å². The highest BCUT2D eigenvalue weighted by Crippen LogP contribution is 2.41. The number of Topliss-reactive ketones (excluding diaryl/α,β-unsaturated/α-hetero) is 1. The first kappa shape index (κ1) is 15.0. The normalized spacial score (nSPS) is 24.9. The van der Waals surface area contributed by atoms with Gasteiger partial charge in [-0.2, -0.15) is 0 Å². The summed E-state index contributed by atoms with van der Waals surface area (Å²) in [5.74, 6) is 0.787. The minimum atomic E-state index is -1.68. The van der Waals surface area contributed by atoms with Gasteiger partial charge in [0.1, 0.15) is 0 Å². The zero-order valence-electron chi connectivity index (χ0n) is 13.1. The van der Waals surface area contributed by atoms with Gasteiger partial charge in [-0.05, 0) is 49.4 Å². The third-order valence-corrected chi connectivity index (χ3v) is 9.72. The van der Waals surface area contributed by atoms with Crippen LogP contribution in [0.15, 0.2) is 11.1 Å². The van der Waals surface area contributed by atoms with Gasteiger partial charge in [0.15, 0.2) is 14.1 Å². The van der Waals surface area contributed by atoms with Gasteiger partial charge in [-0.1, -0.05) is 26.3 Å². The molecule has 0 aromatic heterocycles. The molecule has 0 bridgehead atoms. The minimum Gasteiger partial charge on any atom is -0.416 e. The number of hydrogen-bond donors (Lipinski definition) is 0. The molecule has 0 aliphatic heterocycles. The molecule has 3 heteroatoms. The lowest BCUT2D eigenvalue weighted by Gasteiger charge is -2.37. The predicted molar refractivity (Wildman–Crippen MR) is 81.8 cm³/mol. The van der Waals surface area contributed by atoms with Crippen molar-refractivity contribution in [3.8, 4) is 0 Å². The second-order valence-corrected chi connectivity index (χ2v) is 12.4. The van der Waals surface area contributed by atoms with Crippen molar-refractivity contribution in [2.75, 3.05) is 6.61 Å². The van der Waals surface area contributed by atoms with E-state index in [1.54, 1.807) is 0 Å². The molecule has 2 nitrogen and oxygen atoms in total. The van der Waals surface area contributed by atoms with Crippen LogP contribution in [0.1, 0.15) is 52.9 Å². The van der Waals surface area contributed by atoms with E-state index in [4.69, 9.17) is 4.43 Å². The number of hydrogen-bond acceptors (Lipinski definition) is 2. The Morgan fingerprint density at radius 2 is 1.84 bits per heavy atom. The summed E-state index contributed by atoms with van der Waals surface area (Å²) in [4.78, 5) is 12.0. The molecule has 2 aliphatic rings. The largest absolute Gasteiger partial charge is 0.416 e. The molecule has 1 unspecified atom stereocenters. The van der Waals surface area contributed by atoms with Crippen LogP contribution in [-0.4, -0.2) is 20.7 Å². The molecule has 0 N–H and O–H groups in total. The maximum absolute atomic E-state index is 12.0. The number of ketones is 1. The lowest BCUT2D eigenvalue weighted by atomic mass is 9.90. The fourth-order valence-corrected chi connectivity index (χ4v) is 3.90. The summed E-state index contributed by atoms with van der Waals surface area (Å²) >= 11 is 0. The quantitative estimate of drug-likeness (QED) is 0.713. The van der Waals surface area contributed by atoms with Gasteiger partial charge in [0.25, 0.3) is 0 Å². The van der Waals surface area contributed by atoms with Gasteiger partial charge in [-0.3, -0.25) is 4.79 Å². The van der Waals surface area contributed by atoms with Gasteiger partial charge in [0.05, 0.1) is 0 Å². The average Bonchev–Trinajstić information content (AvgIpc) is 2.63. The van der Waals surface area contributed by atoms with Crippen molar-refractivity contribution in [3.63, 3.8) is 0 Å². The van der Waals surface area contributed by atoms with Crippen LogP contribution in [0.2, 0.25) is 18.1 Å². The van der Waals surface area contributed by atoms with Crippen LogP contribution >= 0.6 is 0 Å². The van der Waals surface area contributed by atoms with Crippen molar-refractivity contribution in [2.45, 2.75) is 71.0 Å². The Bertz CT molecular complexity index is 401. The van der Waals surface area contributed by atoms with E-state index >= 15 is 0 Å². The summed E-state index contributed by atoms with van der Waals surface area (Å²) in [6.07, 6.45) is 5.31. The van der Waals surface area contributed by atoms with Crippen LogP contribution in [0.25, 0.3) is 0 Å². The molecule has 2 aliphatic carbocycles. The van der Waals surface area contributed by atoms with E-state index in [9.17, 15) is 4.79 Å². The summed E-state index contributed by atoms with van der Waals surface area (Å²) in [5, 5.41) is 0.249. The van der Waals surface area contributed by atoms with E-state index in [2.05, 4.69) is 33.9 Å². The molecule has 0 saturated carbocycles. The zero-order chi connectivity index (χ0) is 14.3. The maximum atomic E-state index is 12.0. The third kappa shape index (κ3) is 3.02. The minimum absolute atomic E-state index is 0.249. The van der Waals surface area contributed by atoms with Gasteiger partial charge in [0.2, 0.25) is 0 Å². The highest BCUT2D eigenvalue weighted by Gasteiger charge is 2.39. The maximum Gasteiger partial charge on any atom is 0.192 e. The van der Waals surface area contributed by atoms with E-state index in [0.29, 0.717) is 18.1 Å². The molecule has 0 amide bonds. The first-order chi connectivity index (χ1) is 8.72. The molecule has 2 rings (SSSR count). The lowest BCUT2D eigenvalue weighted by Crippen LogP contribution is -2.42. The molecule has 0 aromatic carbocycles. The van der Waals surface area contributed by atoms with Gasteiger partial charge < -0.3 is 4.43 Å². The summed E-state index contributed by atoms with van der Waals surface area (Å²) in [7, 11) is -1.68. The van der Waals surface area contributed by atoms with E-state index in [1.807, 2.05) is 0 Å². The van der Waals surface area contributed by atoms with E-state index in [1.165, 1.54) is 18.4 Å². The number of carbonyl (C=O) groups excluding carboxylic acids is 1. The third-order valence-electron chi connectivity index (χ3n) is 5.22. The van der Waals surface area contributed by atoms with Crippen molar-refractivity contribution >= 4 is 14.1 Å². The topological polar surface area (TPSA) is 26.3 Å². The van der Waals surface area contributed by atoms with Crippen LogP contribution in [0, 0.1) is 5.92 Å². The Hall–Kier alpha value is -0.413. The molecule has 108 valence electrons. The fourth-order valence-electron chi connectivity index (χ4n) is 2.85. The van der Waals surface area contributed by atoms with Crippen LogP contribution in [-0.2, 0) is 9.22 Å². The van der Waals surface area contributed by atoms with Gasteiger partial charge >= 0.3 is 0 Å². The van der Waals surface area contributed by atoms with Crippen LogP contribution in [0.3, 0.4) is 0 Å². The molecule has 1 atom stereocenters. The first-order valence-electron chi connectivity index (χ1n) is 7.61. The number of carbonyl (C=O) groups is 1. The molecule has 0 aromatic rings. The molecular formula is C16H28O2Si. The predicted octanol–water partition coefficient (Wildman–Crippen LogP) is 4.47. The van der Waals surface area contributed by atoms with Gasteiger partial charge in [0, 0.05) is 18.9 Å². The summed E-state index contributed by atoms with van der Waals surface area (Å²) in [6, 6.07) is 0. The summed E-state index contributed by atoms with van der Waals surface area (Å²) in [5.41, 5.74) is 2.60. The molecule has 0 heterocycles. The Kier molecular flexibility index (Phi) is 4.08. The van der Waals surface area contributed by atoms with E-state index in [-0.39, 0.29) is 5.04 Å². The summed E-state index contributed by atoms with van der Waals surface area (Å²) in [6.45, 7) is 12.2. The Balaban J connectivity index is 2.02. The Labute approximate surface area is 118 Å². The number of allylic oxidation sites excluding steroid dienone is 1. The van der Waals surface area contributed by atoms with E-state index < -0.39 is 8.32 Å². The highest BCUT2D eigenvalue weighted by atomic mass is 28.4. The van der Waals surface area contributed by atoms with Crippen LogP contribution in [0.4, 0.5) is 0 Å². The second kappa shape index (κ2) is 5.17. The Morgan fingerprint density at radius 3 is 2.47 bits per heavy atom. The van der Waals surface area contributed by atoms with Crippen molar-refractivity contribution in [3.05, 3.63) is 11.1 Å². The van der Waals surface area contributed by atoms with Crippen molar-refractivity contribution in [1.82, 2.24) is 0 Å². The Morgan fingerprint density at radius 1 is 1.21 bits per heavy atom. The smallest absolute Gasteiger partial charge is 0.192 e. The fraction of sp³-hybridized carbons (Fsp3) is 0.812. The molecule has 0 fully saturated rings. The molecule has 19 heavy (non-hydrogen) atoms. The van der Waals surface area contributed by atoms with Crippen LogP contribution in [0.5, 0.6) is 0 Å². The molecule has 0 radical (unpaired) electrons. The van der Waals surface area contributed by atoms with Crippen molar-refractivity contribution < 1.29 is 9.22 Å². The average molecular weight is 280 g/mol. The number of rotatable bonds is 3. The first-order valence-corrected chi connectivity index (χ1v) is 10.5. The lowest BCUT2D eigenvalue weighted by molar-refractivity contribution is -0.115. The molecular weight excluding hydrogens is 252 g/mol. The standard InChI is InChI=1S/C16H28O2Si/c1-16(2,3)19(4,5)18-11-12-10-15(17)14-9-7-6-8-13(12)14/h12H,6-11H2,1-5H3.